The van der Waals surface area contributed by atoms with E-state index in [4.69, 9.17) is 4.74 Å². The van der Waals surface area contributed by atoms with Crippen LogP contribution < -0.4 is 5.32 Å². The number of halogens is 1. The highest BCUT2D eigenvalue weighted by Crippen LogP contribution is 2.28. The molecule has 3 rings (SSSR count). The van der Waals surface area contributed by atoms with Gasteiger partial charge in [0, 0.05) is 38.6 Å². The van der Waals surface area contributed by atoms with E-state index in [0.29, 0.717) is 6.04 Å². The van der Waals surface area contributed by atoms with E-state index in [0.717, 1.165) is 25.4 Å². The zero-order valence-electron chi connectivity index (χ0n) is 10.7. The third-order valence-electron chi connectivity index (χ3n) is 3.39. The second-order valence-corrected chi connectivity index (χ2v) is 7.01. The zero-order valence-corrected chi connectivity index (χ0v) is 13.1. The summed E-state index contributed by atoms with van der Waals surface area (Å²) in [5.41, 5.74) is 1.31. The molecule has 0 radical (unpaired) electrons. The second kappa shape index (κ2) is 5.75. The van der Waals surface area contributed by atoms with Crippen molar-refractivity contribution in [2.24, 2.45) is 7.05 Å². The summed E-state index contributed by atoms with van der Waals surface area (Å²) in [5.74, 6) is 1.00. The van der Waals surface area contributed by atoms with E-state index >= 15 is 0 Å². The van der Waals surface area contributed by atoms with Crippen LogP contribution in [0, 0.1) is 0 Å². The van der Waals surface area contributed by atoms with Crippen molar-refractivity contribution >= 4 is 27.3 Å². The van der Waals surface area contributed by atoms with Crippen LogP contribution in [0.5, 0.6) is 0 Å². The summed E-state index contributed by atoms with van der Waals surface area (Å²) in [5, 5.41) is 5.75. The molecule has 3 heterocycles. The van der Waals surface area contributed by atoms with Crippen LogP contribution >= 0.6 is 27.3 Å². The number of ether oxygens (including phenoxy) is 1. The van der Waals surface area contributed by atoms with Gasteiger partial charge in [-0.15, -0.1) is 11.3 Å². The number of nitrogens with one attached hydrogen (secondary N) is 1. The molecule has 0 aliphatic carbocycles. The van der Waals surface area contributed by atoms with E-state index in [1.54, 1.807) is 11.3 Å². The minimum atomic E-state index is 0.0575. The zero-order chi connectivity index (χ0) is 13.2. The van der Waals surface area contributed by atoms with Gasteiger partial charge < -0.3 is 14.6 Å². The number of aryl methyl sites for hydroxylation is 1. The van der Waals surface area contributed by atoms with E-state index in [2.05, 4.69) is 37.7 Å². The molecule has 0 saturated carbocycles. The van der Waals surface area contributed by atoms with Gasteiger partial charge in [-0.05, 0) is 39.4 Å². The van der Waals surface area contributed by atoms with Crippen molar-refractivity contribution in [3.8, 4) is 0 Å². The van der Waals surface area contributed by atoms with Crippen molar-refractivity contribution < 1.29 is 4.74 Å². The van der Waals surface area contributed by atoms with Crippen LogP contribution in [-0.2, 0) is 18.3 Å². The molecule has 4 nitrogen and oxygen atoms in total. The predicted octanol–water partition coefficient (Wildman–Crippen LogP) is 2.86. The third-order valence-corrected chi connectivity index (χ3v) is 4.95. The first-order chi connectivity index (χ1) is 9.24. The number of hydrogen-bond acceptors (Lipinski definition) is 4. The van der Waals surface area contributed by atoms with Gasteiger partial charge in [0.25, 0.3) is 0 Å². The maximum atomic E-state index is 5.83. The summed E-state index contributed by atoms with van der Waals surface area (Å²) >= 11 is 5.21. The molecule has 2 aromatic heterocycles. The molecule has 102 valence electrons. The fourth-order valence-electron chi connectivity index (χ4n) is 2.39. The monoisotopic (exact) mass is 341 g/mol. The van der Waals surface area contributed by atoms with Crippen molar-refractivity contribution in [1.82, 2.24) is 14.9 Å². The molecular formula is C13H16BrN3OS. The Kier molecular flexibility index (Phi) is 4.02. The van der Waals surface area contributed by atoms with Crippen LogP contribution in [0.15, 0.2) is 27.6 Å². The Labute approximate surface area is 124 Å². The normalized spacial score (nSPS) is 23.1. The number of imidazole rings is 1. The molecule has 0 bridgehead atoms. The van der Waals surface area contributed by atoms with Gasteiger partial charge in [0.1, 0.15) is 11.9 Å². The first-order valence-corrected chi connectivity index (χ1v) is 7.96. The summed E-state index contributed by atoms with van der Waals surface area (Å²) in [6, 6.07) is 2.49. The lowest BCUT2D eigenvalue weighted by Gasteiger charge is -2.19. The summed E-state index contributed by atoms with van der Waals surface area (Å²) in [7, 11) is 2.01. The minimum absolute atomic E-state index is 0.0575. The van der Waals surface area contributed by atoms with E-state index in [1.807, 2.05) is 24.0 Å². The lowest BCUT2D eigenvalue weighted by Crippen LogP contribution is -2.32. The number of thiophene rings is 1. The van der Waals surface area contributed by atoms with E-state index in [9.17, 15) is 0 Å². The number of aromatic nitrogens is 2. The third kappa shape index (κ3) is 2.91. The minimum Gasteiger partial charge on any atom is -0.369 e. The maximum Gasteiger partial charge on any atom is 0.139 e. The van der Waals surface area contributed by atoms with Crippen LogP contribution in [0.25, 0.3) is 0 Å². The topological polar surface area (TPSA) is 39.1 Å². The molecule has 1 aliphatic rings. The van der Waals surface area contributed by atoms with Gasteiger partial charge in [0.15, 0.2) is 0 Å². The quantitative estimate of drug-likeness (QED) is 0.929. The standard InChI is InChI=1S/C13H16BrN3OS/c1-17-4-3-15-13(17)12-10(2-5-18-12)16-7-9-6-11(14)19-8-9/h3-4,6,8,10,12,16H,2,5,7H2,1H3/t10-,12-/m0/s1. The van der Waals surface area contributed by atoms with Crippen molar-refractivity contribution in [3.05, 3.63) is 39.0 Å². The summed E-state index contributed by atoms with van der Waals surface area (Å²) < 4.78 is 9.04. The van der Waals surface area contributed by atoms with Crippen molar-refractivity contribution in [2.45, 2.75) is 25.1 Å². The molecule has 0 amide bonds. The van der Waals surface area contributed by atoms with Gasteiger partial charge >= 0.3 is 0 Å². The number of rotatable bonds is 4. The number of nitrogens with zero attached hydrogens (tertiary/aromatic N) is 2. The Morgan fingerprint density at radius 2 is 2.53 bits per heavy atom. The van der Waals surface area contributed by atoms with Crippen molar-refractivity contribution in [3.63, 3.8) is 0 Å². The Hall–Kier alpha value is -0.690. The lowest BCUT2D eigenvalue weighted by molar-refractivity contribution is 0.0893. The number of hydrogen-bond donors (Lipinski definition) is 1. The Morgan fingerprint density at radius 3 is 3.21 bits per heavy atom. The lowest BCUT2D eigenvalue weighted by atomic mass is 10.1. The second-order valence-electron chi connectivity index (χ2n) is 4.72. The van der Waals surface area contributed by atoms with Gasteiger partial charge in [-0.1, -0.05) is 0 Å². The van der Waals surface area contributed by atoms with E-state index in [-0.39, 0.29) is 6.10 Å². The molecule has 1 saturated heterocycles. The molecule has 19 heavy (non-hydrogen) atoms. The predicted molar refractivity (Wildman–Crippen MR) is 79.2 cm³/mol. The van der Waals surface area contributed by atoms with Crippen LogP contribution in [0.4, 0.5) is 0 Å². The Balaban J connectivity index is 1.65. The highest BCUT2D eigenvalue weighted by molar-refractivity contribution is 9.11. The SMILES string of the molecule is Cn1ccnc1[C@H]1OCC[C@@H]1NCc1csc(Br)c1. The van der Waals surface area contributed by atoms with Crippen LogP contribution in [0.3, 0.4) is 0 Å². The summed E-state index contributed by atoms with van der Waals surface area (Å²) in [6.45, 7) is 1.67. The highest BCUT2D eigenvalue weighted by atomic mass is 79.9. The van der Waals surface area contributed by atoms with Crippen molar-refractivity contribution in [2.75, 3.05) is 6.61 Å². The Morgan fingerprint density at radius 1 is 1.63 bits per heavy atom. The molecule has 0 unspecified atom stereocenters. The molecule has 2 atom stereocenters. The van der Waals surface area contributed by atoms with Crippen molar-refractivity contribution in [1.29, 1.82) is 0 Å². The molecule has 1 N–H and O–H groups in total. The fourth-order valence-corrected chi connectivity index (χ4v) is 3.60. The highest BCUT2D eigenvalue weighted by Gasteiger charge is 2.31. The van der Waals surface area contributed by atoms with Gasteiger partial charge in [-0.25, -0.2) is 4.98 Å². The molecule has 0 aromatic carbocycles. The van der Waals surface area contributed by atoms with E-state index < -0.39 is 0 Å². The maximum absolute atomic E-state index is 5.83. The first-order valence-electron chi connectivity index (χ1n) is 6.29. The summed E-state index contributed by atoms with van der Waals surface area (Å²) in [6.07, 6.45) is 4.87. The van der Waals surface area contributed by atoms with Crippen LogP contribution in [0.2, 0.25) is 0 Å². The Bertz CT molecular complexity index is 554. The first kappa shape index (κ1) is 13.3. The largest absolute Gasteiger partial charge is 0.369 e. The summed E-state index contributed by atoms with van der Waals surface area (Å²) in [4.78, 5) is 4.40. The average molecular weight is 342 g/mol. The van der Waals surface area contributed by atoms with Gasteiger partial charge in [0.05, 0.1) is 3.79 Å². The fraction of sp³-hybridized carbons (Fsp3) is 0.462. The van der Waals surface area contributed by atoms with Gasteiger partial charge in [0.2, 0.25) is 0 Å². The van der Waals surface area contributed by atoms with Crippen LogP contribution in [-0.4, -0.2) is 22.2 Å². The molecular weight excluding hydrogens is 326 g/mol. The molecule has 1 fully saturated rings. The molecule has 1 aliphatic heterocycles. The average Bonchev–Trinajstić information content (AvgIpc) is 3.07. The van der Waals surface area contributed by atoms with Crippen LogP contribution in [0.1, 0.15) is 23.9 Å². The molecule has 6 heteroatoms. The molecule has 2 aromatic rings. The van der Waals surface area contributed by atoms with Gasteiger partial charge in [-0.3, -0.25) is 0 Å². The molecule has 0 spiro atoms. The van der Waals surface area contributed by atoms with Gasteiger partial charge in [-0.2, -0.15) is 0 Å². The smallest absolute Gasteiger partial charge is 0.139 e. The van der Waals surface area contributed by atoms with E-state index in [1.165, 1.54) is 9.35 Å².